The van der Waals surface area contributed by atoms with Crippen LogP contribution < -0.4 is 0 Å². The minimum atomic E-state index is -0.759. The summed E-state index contributed by atoms with van der Waals surface area (Å²) >= 11 is 0. The lowest BCUT2D eigenvalue weighted by Crippen LogP contribution is -2.27. The fourth-order valence-corrected chi connectivity index (χ4v) is 18.0. The van der Waals surface area contributed by atoms with E-state index in [1.54, 1.807) is 0 Å². The van der Waals surface area contributed by atoms with Crippen molar-refractivity contribution in [2.75, 3.05) is 0 Å². The van der Waals surface area contributed by atoms with Gasteiger partial charge in [0.05, 0.1) is 50.6 Å². The van der Waals surface area contributed by atoms with Crippen LogP contribution in [0.5, 0.6) is 0 Å². The van der Waals surface area contributed by atoms with Gasteiger partial charge in [0.15, 0.2) is 0 Å². The molecule has 388 valence electrons. The summed E-state index contributed by atoms with van der Waals surface area (Å²) in [6, 6.07) is 81.8. The van der Waals surface area contributed by atoms with Crippen molar-refractivity contribution in [3.63, 3.8) is 0 Å². The molecule has 0 saturated heterocycles. The summed E-state index contributed by atoms with van der Waals surface area (Å²) < 4.78 is 2.53. The Kier molecular flexibility index (Phi) is 8.19. The molecule has 7 aliphatic rings. The van der Waals surface area contributed by atoms with Crippen LogP contribution in [0.2, 0.25) is 0 Å². The van der Waals surface area contributed by atoms with Crippen LogP contribution in [0.3, 0.4) is 0 Å². The minimum Gasteiger partial charge on any atom is -0.308 e. The zero-order chi connectivity index (χ0) is 55.5. The summed E-state index contributed by atoms with van der Waals surface area (Å²) in [4.78, 5) is 0. The molecule has 3 nitrogen and oxygen atoms in total. The van der Waals surface area contributed by atoms with Crippen molar-refractivity contribution in [2.24, 2.45) is 0 Å². The van der Waals surface area contributed by atoms with Gasteiger partial charge in [-0.15, -0.1) is 0 Å². The zero-order valence-corrected chi connectivity index (χ0v) is 47.0. The van der Waals surface area contributed by atoms with E-state index in [9.17, 15) is 10.5 Å². The van der Waals surface area contributed by atoms with E-state index in [-0.39, 0.29) is 22.7 Å². The van der Waals surface area contributed by atoms with Gasteiger partial charge in [-0.05, 0) is 163 Å². The standard InChI is InChI=1S/C80H53N3/c1-77(2,3)44-31-33-62-54(37-44)70-68-57-39-56-66-50-23-7-9-25-52(50)67(53-26-10-8-24-51(53)66)69(56)73-72-65(83(76(57)73)64(68)35-42(40-81)74(70)79(62)58-27-15-11-19-46(58)47-20-12-16-28-59(47)79)36-43(41-82)75-71(72)55-38-45(78(4,5)6)32-34-63(55)80(75)60-29-17-13-21-48(60)49-22-14-18-30-61(49)80/h7-39,66-67H,1-6H3. The molecule has 0 atom stereocenters. The van der Waals surface area contributed by atoms with E-state index in [1.165, 1.54) is 133 Å². The Morgan fingerprint density at radius 3 is 1.17 bits per heavy atom. The molecular weight excluding hydrogens is 1000 g/mol. The Morgan fingerprint density at radius 1 is 0.373 bits per heavy atom. The summed E-state index contributed by atoms with van der Waals surface area (Å²) in [7, 11) is 0. The number of hydrogen-bond acceptors (Lipinski definition) is 2. The summed E-state index contributed by atoms with van der Waals surface area (Å²) in [5.41, 5.74) is 32.4. The number of fused-ring (bicyclic) bond motifs is 28. The number of benzene rings is 11. The molecule has 11 aromatic carbocycles. The molecule has 0 radical (unpaired) electrons. The number of rotatable bonds is 0. The highest BCUT2D eigenvalue weighted by molar-refractivity contribution is 6.32. The monoisotopic (exact) mass is 1060 g/mol. The van der Waals surface area contributed by atoms with E-state index >= 15 is 0 Å². The van der Waals surface area contributed by atoms with Crippen molar-refractivity contribution in [1.29, 1.82) is 10.5 Å². The van der Waals surface area contributed by atoms with Crippen molar-refractivity contribution in [3.05, 3.63) is 300 Å². The van der Waals surface area contributed by atoms with Crippen LogP contribution in [-0.2, 0) is 21.7 Å². The van der Waals surface area contributed by atoms with Gasteiger partial charge in [0.1, 0.15) is 0 Å². The molecule has 3 heteroatoms. The zero-order valence-electron chi connectivity index (χ0n) is 47.0. The lowest BCUT2D eigenvalue weighted by Gasteiger charge is -2.42. The molecule has 2 aromatic heterocycles. The summed E-state index contributed by atoms with van der Waals surface area (Å²) in [5.74, 6) is -0.0535. The van der Waals surface area contributed by atoms with Crippen molar-refractivity contribution in [2.45, 2.75) is 75.0 Å². The van der Waals surface area contributed by atoms with E-state index in [4.69, 9.17) is 0 Å². The third-order valence-electron chi connectivity index (χ3n) is 21.1. The number of aromatic nitrogens is 1. The van der Waals surface area contributed by atoms with Gasteiger partial charge in [0.25, 0.3) is 0 Å². The highest BCUT2D eigenvalue weighted by Crippen LogP contribution is 2.70. The Morgan fingerprint density at radius 2 is 0.747 bits per heavy atom. The molecule has 0 amide bonds. The second-order valence-corrected chi connectivity index (χ2v) is 26.7. The molecule has 0 saturated carbocycles. The smallest absolute Gasteiger partial charge is 0.0996 e. The summed E-state index contributed by atoms with van der Waals surface area (Å²) in [5, 5.41) is 29.1. The second-order valence-electron chi connectivity index (χ2n) is 26.7. The molecule has 0 aliphatic heterocycles. The Balaban J connectivity index is 1.07. The fourth-order valence-electron chi connectivity index (χ4n) is 18.0. The van der Waals surface area contributed by atoms with Crippen molar-refractivity contribution in [1.82, 2.24) is 4.40 Å². The first-order valence-electron chi connectivity index (χ1n) is 29.5. The Labute approximate surface area is 482 Å². The predicted octanol–water partition coefficient (Wildman–Crippen LogP) is 18.8. The van der Waals surface area contributed by atoms with Crippen molar-refractivity contribution >= 4 is 38.1 Å². The van der Waals surface area contributed by atoms with Crippen LogP contribution in [0.4, 0.5) is 0 Å². The number of nitriles is 2. The minimum absolute atomic E-state index is 0.0113. The van der Waals surface area contributed by atoms with Gasteiger partial charge >= 0.3 is 0 Å². The van der Waals surface area contributed by atoms with E-state index < -0.39 is 10.8 Å². The SMILES string of the molecule is CC(C)(C)c1ccc2c(c1)-c1c(c(C#N)cc3c1c1cc4c(c5c6c7c(c(C#N)cc6n3c15)C1(c3ccccc3-c3ccccc31)c1ccc(C(C)(C)C)cc1-7)C1c3ccccc3C4c3ccccc31)C21c2ccccc2-c2ccccc21. The van der Waals surface area contributed by atoms with Gasteiger partial charge in [-0.25, -0.2) is 0 Å². The maximum absolute atomic E-state index is 12.2. The Hall–Kier alpha value is -9.80. The molecular formula is C80H53N3. The maximum Gasteiger partial charge on any atom is 0.0996 e. The molecule has 0 fully saturated rings. The van der Waals surface area contributed by atoms with Gasteiger partial charge in [-0.1, -0.05) is 224 Å². The van der Waals surface area contributed by atoms with Crippen LogP contribution in [-0.4, -0.2) is 4.40 Å². The molecule has 2 heterocycles. The fraction of sp³-hybridized carbons (Fsp3) is 0.150. The third-order valence-corrected chi connectivity index (χ3v) is 21.1. The largest absolute Gasteiger partial charge is 0.308 e. The topological polar surface area (TPSA) is 52.0 Å². The second kappa shape index (κ2) is 14.8. The molecule has 7 aliphatic carbocycles. The van der Waals surface area contributed by atoms with Crippen LogP contribution in [0.15, 0.2) is 200 Å². The lowest BCUT2D eigenvalue weighted by molar-refractivity contribution is 0.589. The molecule has 2 bridgehead atoms. The summed E-state index contributed by atoms with van der Waals surface area (Å²) in [6.45, 7) is 13.9. The van der Waals surface area contributed by atoms with Crippen LogP contribution in [0.25, 0.3) is 82.6 Å². The van der Waals surface area contributed by atoms with Crippen molar-refractivity contribution < 1.29 is 0 Å². The van der Waals surface area contributed by atoms with E-state index in [0.29, 0.717) is 11.1 Å². The van der Waals surface area contributed by atoms with E-state index in [1.807, 2.05) is 0 Å². The normalized spacial score (nSPS) is 17.0. The van der Waals surface area contributed by atoms with E-state index in [2.05, 4.69) is 258 Å². The molecule has 0 N–H and O–H groups in total. The molecule has 13 aromatic rings. The first kappa shape index (κ1) is 45.9. The van der Waals surface area contributed by atoms with Gasteiger partial charge in [0.2, 0.25) is 0 Å². The van der Waals surface area contributed by atoms with Crippen molar-refractivity contribution in [3.8, 4) is 56.6 Å². The van der Waals surface area contributed by atoms with Crippen LogP contribution >= 0.6 is 0 Å². The average molecular weight is 1060 g/mol. The summed E-state index contributed by atoms with van der Waals surface area (Å²) in [6.07, 6.45) is 0. The van der Waals surface area contributed by atoms with Gasteiger partial charge in [0, 0.05) is 33.4 Å². The lowest BCUT2D eigenvalue weighted by atomic mass is 9.60. The predicted molar refractivity (Wildman–Crippen MR) is 335 cm³/mol. The van der Waals surface area contributed by atoms with Gasteiger partial charge < -0.3 is 4.40 Å². The van der Waals surface area contributed by atoms with Crippen LogP contribution in [0, 0.1) is 22.7 Å². The molecule has 2 spiro atoms. The quantitative estimate of drug-likeness (QED) is 0.152. The Bertz CT molecular complexity index is 5200. The molecule has 83 heavy (non-hydrogen) atoms. The van der Waals surface area contributed by atoms with Crippen LogP contribution in [0.1, 0.15) is 154 Å². The highest BCUT2D eigenvalue weighted by Gasteiger charge is 2.57. The van der Waals surface area contributed by atoms with E-state index in [0.717, 1.165) is 38.8 Å². The average Bonchev–Trinajstić information content (AvgIpc) is 1.55. The maximum atomic E-state index is 12.2. The number of nitrogens with zero attached hydrogens (tertiary/aromatic N) is 3. The first-order chi connectivity index (χ1) is 40.4. The number of hydrogen-bond donors (Lipinski definition) is 0. The molecule has 20 rings (SSSR count). The molecule has 0 unspecified atom stereocenters. The first-order valence-corrected chi connectivity index (χ1v) is 29.5. The van der Waals surface area contributed by atoms with Gasteiger partial charge in [-0.2, -0.15) is 10.5 Å². The van der Waals surface area contributed by atoms with Gasteiger partial charge in [-0.3, -0.25) is 0 Å². The highest BCUT2D eigenvalue weighted by atomic mass is 14.9. The third kappa shape index (κ3) is 5.02.